The lowest BCUT2D eigenvalue weighted by Crippen LogP contribution is -2.48. The molecule has 6 rings (SSSR count). The molecule has 0 saturated carbocycles. The highest BCUT2D eigenvalue weighted by atomic mass is 32.1. The molecule has 0 radical (unpaired) electrons. The molecule has 4 heterocycles. The molecule has 1 aliphatic rings. The van der Waals surface area contributed by atoms with Gasteiger partial charge >= 0.3 is 17.8 Å². The van der Waals surface area contributed by atoms with E-state index in [4.69, 9.17) is 0 Å². The number of rotatable bonds is 5. The molecule has 206 valence electrons. The van der Waals surface area contributed by atoms with E-state index in [0.717, 1.165) is 42.2 Å². The molecule has 10 heteroatoms. The lowest BCUT2D eigenvalue weighted by molar-refractivity contribution is -0.254. The third-order valence-electron chi connectivity index (χ3n) is 6.93. The van der Waals surface area contributed by atoms with Crippen molar-refractivity contribution < 1.29 is 26.3 Å². The van der Waals surface area contributed by atoms with Gasteiger partial charge in [0.15, 0.2) is 0 Å². The van der Waals surface area contributed by atoms with Crippen molar-refractivity contribution >= 4 is 56.5 Å². The molecule has 0 fully saturated rings. The van der Waals surface area contributed by atoms with Gasteiger partial charge in [-0.05, 0) is 73.9 Å². The minimum atomic E-state index is -5.59. The number of hydrogen-bond donors (Lipinski definition) is 0. The number of aryl methyl sites for hydroxylation is 3. The van der Waals surface area contributed by atoms with Crippen LogP contribution >= 0.6 is 45.3 Å². The van der Waals surface area contributed by atoms with Crippen LogP contribution in [0, 0.1) is 20.8 Å². The Balaban J connectivity index is 1.53. The highest BCUT2D eigenvalue weighted by Gasteiger charge is 2.80. The van der Waals surface area contributed by atoms with Gasteiger partial charge in [-0.25, -0.2) is 0 Å². The number of benzene rings is 1. The first-order valence-corrected chi connectivity index (χ1v) is 15.4. The van der Waals surface area contributed by atoms with Gasteiger partial charge in [-0.3, -0.25) is 0 Å². The monoisotopic (exact) mass is 622 g/mol. The van der Waals surface area contributed by atoms with E-state index in [1.54, 1.807) is 41.7 Å². The van der Waals surface area contributed by atoms with E-state index in [2.05, 4.69) is 0 Å². The summed E-state index contributed by atoms with van der Waals surface area (Å²) in [5.74, 6) is -15.7. The zero-order valence-corrected chi connectivity index (χ0v) is 24.5. The molecule has 1 aromatic carbocycles. The van der Waals surface area contributed by atoms with Crippen molar-refractivity contribution in [3.63, 3.8) is 0 Å². The summed E-state index contributed by atoms with van der Waals surface area (Å²) in [6, 6.07) is 19.2. The van der Waals surface area contributed by atoms with Gasteiger partial charge in [0.1, 0.15) is 0 Å². The van der Waals surface area contributed by atoms with Gasteiger partial charge in [-0.2, -0.15) is 26.3 Å². The maximum atomic E-state index is 15.5. The van der Waals surface area contributed by atoms with Crippen LogP contribution in [0.1, 0.15) is 25.8 Å². The lowest BCUT2D eigenvalue weighted by atomic mass is 9.94. The summed E-state index contributed by atoms with van der Waals surface area (Å²) in [6.07, 6.45) is 0. The van der Waals surface area contributed by atoms with E-state index in [-0.39, 0.29) is 20.9 Å². The predicted molar refractivity (Wildman–Crippen MR) is 157 cm³/mol. The molecule has 1 aliphatic carbocycles. The Kier molecular flexibility index (Phi) is 6.49. The van der Waals surface area contributed by atoms with E-state index in [1.165, 1.54) is 37.3 Å². The molecule has 0 nitrogen and oxygen atoms in total. The van der Waals surface area contributed by atoms with E-state index < -0.39 is 28.9 Å². The molecule has 0 spiro atoms. The fraction of sp³-hybridized carbons (Fsp3) is 0.200. The summed E-state index contributed by atoms with van der Waals surface area (Å²) < 4.78 is 91.9. The number of allylic oxidation sites excluding steroid dienone is 2. The van der Waals surface area contributed by atoms with Gasteiger partial charge < -0.3 is 0 Å². The SMILES string of the molecule is Cc1ccc(-c2ccc(-c3cc(C4=C(c5cc(-c6ccccc6)sc5C)C(F)(F)C(F)(F)C4(F)F)c(C)s3)s2)s1. The van der Waals surface area contributed by atoms with Crippen LogP contribution in [0.4, 0.5) is 26.3 Å². The molecule has 4 aromatic heterocycles. The molecule has 40 heavy (non-hydrogen) atoms. The van der Waals surface area contributed by atoms with Crippen molar-refractivity contribution in [3.8, 4) is 29.9 Å². The van der Waals surface area contributed by atoms with Crippen molar-refractivity contribution in [3.05, 3.63) is 92.5 Å². The molecule has 0 amide bonds. The lowest BCUT2D eigenvalue weighted by Gasteiger charge is -2.25. The Labute approximate surface area is 242 Å². The fourth-order valence-corrected chi connectivity index (χ4v) is 9.03. The Morgan fingerprint density at radius 2 is 0.975 bits per heavy atom. The Morgan fingerprint density at radius 1 is 0.500 bits per heavy atom. The quantitative estimate of drug-likeness (QED) is 0.171. The van der Waals surface area contributed by atoms with Gasteiger partial charge in [-0.1, -0.05) is 30.3 Å². The van der Waals surface area contributed by atoms with Crippen LogP contribution < -0.4 is 0 Å². The largest absolute Gasteiger partial charge is 0.380 e. The average Bonchev–Trinajstić information content (AvgIpc) is 3.70. The third-order valence-corrected chi connectivity index (χ3v) is 11.6. The zero-order valence-electron chi connectivity index (χ0n) is 21.3. The second-order valence-electron chi connectivity index (χ2n) is 9.57. The van der Waals surface area contributed by atoms with Gasteiger partial charge in [0, 0.05) is 50.2 Å². The number of thiophene rings is 4. The minimum absolute atomic E-state index is 0.266. The zero-order chi connectivity index (χ0) is 28.6. The third kappa shape index (κ3) is 4.06. The Hall–Kier alpha value is -2.66. The number of hydrogen-bond acceptors (Lipinski definition) is 4. The number of alkyl halides is 6. The first-order valence-electron chi connectivity index (χ1n) is 12.2. The van der Waals surface area contributed by atoms with Crippen LogP contribution in [-0.2, 0) is 0 Å². The summed E-state index contributed by atoms with van der Waals surface area (Å²) in [6.45, 7) is 4.99. The van der Waals surface area contributed by atoms with E-state index >= 15 is 17.6 Å². The molecule has 0 N–H and O–H groups in total. The summed E-state index contributed by atoms with van der Waals surface area (Å²) in [5, 5.41) is 0. The van der Waals surface area contributed by atoms with E-state index in [9.17, 15) is 8.78 Å². The molecule has 0 bridgehead atoms. The molecule has 0 unspecified atom stereocenters. The molecule has 0 saturated heterocycles. The summed E-state index contributed by atoms with van der Waals surface area (Å²) in [7, 11) is 0. The second kappa shape index (κ2) is 9.44. The van der Waals surface area contributed by atoms with Crippen molar-refractivity contribution in [1.82, 2.24) is 0 Å². The van der Waals surface area contributed by atoms with Crippen molar-refractivity contribution in [2.45, 2.75) is 38.5 Å². The van der Waals surface area contributed by atoms with Gasteiger partial charge in [0.25, 0.3) is 0 Å². The Morgan fingerprint density at radius 3 is 1.52 bits per heavy atom. The van der Waals surface area contributed by atoms with Crippen LogP contribution in [-0.4, -0.2) is 17.8 Å². The number of halogens is 6. The maximum absolute atomic E-state index is 15.5. The van der Waals surface area contributed by atoms with Crippen LogP contribution in [0.5, 0.6) is 0 Å². The first-order chi connectivity index (χ1) is 18.8. The van der Waals surface area contributed by atoms with Crippen LogP contribution in [0.15, 0.2) is 66.7 Å². The Bertz CT molecular complexity index is 1760. The van der Waals surface area contributed by atoms with Gasteiger partial charge in [0.2, 0.25) is 0 Å². The normalized spacial score (nSPS) is 17.6. The predicted octanol–water partition coefficient (Wildman–Crippen LogP) is 11.7. The smallest absolute Gasteiger partial charge is 0.194 e. The van der Waals surface area contributed by atoms with Crippen molar-refractivity contribution in [2.75, 3.05) is 0 Å². The van der Waals surface area contributed by atoms with Crippen molar-refractivity contribution in [1.29, 1.82) is 0 Å². The minimum Gasteiger partial charge on any atom is -0.194 e. The highest BCUT2D eigenvalue weighted by Crippen LogP contribution is 2.66. The fourth-order valence-electron chi connectivity index (χ4n) is 4.93. The average molecular weight is 623 g/mol. The van der Waals surface area contributed by atoms with Crippen molar-refractivity contribution in [2.24, 2.45) is 0 Å². The molecular formula is C30H20F6S4. The van der Waals surface area contributed by atoms with E-state index in [0.29, 0.717) is 15.3 Å². The summed E-state index contributed by atoms with van der Waals surface area (Å²) in [4.78, 5) is 5.56. The van der Waals surface area contributed by atoms with Gasteiger partial charge in [0.05, 0.1) is 0 Å². The maximum Gasteiger partial charge on any atom is 0.380 e. The molecule has 5 aromatic rings. The van der Waals surface area contributed by atoms with E-state index in [1.807, 2.05) is 31.2 Å². The van der Waals surface area contributed by atoms with Gasteiger partial charge in [-0.15, -0.1) is 45.3 Å². The van der Waals surface area contributed by atoms with Crippen LogP contribution in [0.2, 0.25) is 0 Å². The van der Waals surface area contributed by atoms with Crippen LogP contribution in [0.25, 0.3) is 41.1 Å². The highest BCUT2D eigenvalue weighted by molar-refractivity contribution is 7.26. The standard InChI is InChI=1S/C30H20F6S4/c1-15-9-10-21(37-15)22-11-12-23(40-22)25-14-20(17(3)39-25)27-26(28(31,32)30(35,36)29(27,33)34)19-13-24(38-16(19)2)18-7-5-4-6-8-18/h4-14H,1-3H3. The second-order valence-corrected chi connectivity index (χ2v) is 14.5. The first kappa shape index (κ1) is 27.5. The molecule has 0 atom stereocenters. The van der Waals surface area contributed by atoms with Crippen LogP contribution in [0.3, 0.4) is 0 Å². The topological polar surface area (TPSA) is 0 Å². The summed E-state index contributed by atoms with van der Waals surface area (Å²) in [5.41, 5.74) is -2.46. The molecular weight excluding hydrogens is 603 g/mol. The molecule has 0 aliphatic heterocycles. The summed E-state index contributed by atoms with van der Waals surface area (Å²) >= 11 is 5.30.